The number of halogens is 1. The number of hydrogen-bond acceptors (Lipinski definition) is 3. The van der Waals surface area contributed by atoms with Crippen LogP contribution < -0.4 is 10.1 Å². The molecule has 1 aromatic rings. The predicted molar refractivity (Wildman–Crippen MR) is 85.2 cm³/mol. The molecule has 1 saturated carbocycles. The first kappa shape index (κ1) is 14.4. The third-order valence-electron chi connectivity index (χ3n) is 4.40. The minimum atomic E-state index is 0.672. The van der Waals surface area contributed by atoms with Gasteiger partial charge in [-0.3, -0.25) is 0 Å². The summed E-state index contributed by atoms with van der Waals surface area (Å²) in [6, 6.07) is 7.90. The normalized spacial score (nSPS) is 21.1. The highest BCUT2D eigenvalue weighted by Gasteiger charge is 2.31. The van der Waals surface area contributed by atoms with Gasteiger partial charge >= 0.3 is 0 Å². The van der Waals surface area contributed by atoms with Gasteiger partial charge in [-0.05, 0) is 72.4 Å². The molecule has 0 amide bonds. The lowest BCUT2D eigenvalue weighted by Gasteiger charge is -2.32. The fraction of sp³-hybridized carbons (Fsp3) is 0.625. The first-order valence-corrected chi connectivity index (χ1v) is 8.35. The molecular formula is C16H23BrN2O. The van der Waals surface area contributed by atoms with Crippen LogP contribution >= 0.6 is 15.9 Å². The van der Waals surface area contributed by atoms with Crippen molar-refractivity contribution in [3.63, 3.8) is 0 Å². The maximum atomic E-state index is 5.26. The second-order valence-electron chi connectivity index (χ2n) is 5.89. The standard InChI is InChI=1S/C16H23BrN2O/c1-20-16-5-2-12(10-15(16)17)11-18-13-6-8-19(9-7-13)14-3-4-14/h2,5,10,13-14,18H,3-4,6-9,11H2,1H3. The monoisotopic (exact) mass is 338 g/mol. The molecule has 3 rings (SSSR count). The van der Waals surface area contributed by atoms with E-state index < -0.39 is 0 Å². The summed E-state index contributed by atoms with van der Waals surface area (Å²) in [7, 11) is 1.70. The van der Waals surface area contributed by atoms with E-state index in [1.165, 1.54) is 44.3 Å². The largest absolute Gasteiger partial charge is 0.496 e. The number of rotatable bonds is 5. The molecule has 1 aromatic carbocycles. The quantitative estimate of drug-likeness (QED) is 0.892. The van der Waals surface area contributed by atoms with Crippen LogP contribution in [0.25, 0.3) is 0 Å². The molecule has 2 aliphatic rings. The van der Waals surface area contributed by atoms with Gasteiger partial charge in [0.1, 0.15) is 5.75 Å². The molecule has 0 bridgehead atoms. The first-order chi connectivity index (χ1) is 9.76. The van der Waals surface area contributed by atoms with Gasteiger partial charge in [0.15, 0.2) is 0 Å². The number of nitrogens with one attached hydrogen (secondary N) is 1. The number of piperidine rings is 1. The zero-order chi connectivity index (χ0) is 13.9. The van der Waals surface area contributed by atoms with E-state index in [0.717, 1.165) is 22.8 Å². The van der Waals surface area contributed by atoms with Crippen molar-refractivity contribution in [2.75, 3.05) is 20.2 Å². The van der Waals surface area contributed by atoms with Gasteiger partial charge in [-0.1, -0.05) is 6.07 Å². The van der Waals surface area contributed by atoms with Crippen molar-refractivity contribution < 1.29 is 4.74 Å². The molecule has 0 unspecified atom stereocenters. The topological polar surface area (TPSA) is 24.5 Å². The third kappa shape index (κ3) is 3.54. The van der Waals surface area contributed by atoms with Crippen LogP contribution in [0.1, 0.15) is 31.2 Å². The predicted octanol–water partition coefficient (Wildman–Crippen LogP) is 3.17. The highest BCUT2D eigenvalue weighted by Crippen LogP contribution is 2.29. The van der Waals surface area contributed by atoms with E-state index in [1.807, 2.05) is 6.07 Å². The van der Waals surface area contributed by atoms with E-state index >= 15 is 0 Å². The van der Waals surface area contributed by atoms with E-state index in [0.29, 0.717) is 6.04 Å². The van der Waals surface area contributed by atoms with Gasteiger partial charge < -0.3 is 15.0 Å². The van der Waals surface area contributed by atoms with E-state index in [-0.39, 0.29) is 0 Å². The number of nitrogens with zero attached hydrogens (tertiary/aromatic N) is 1. The van der Waals surface area contributed by atoms with Gasteiger partial charge in [0.25, 0.3) is 0 Å². The maximum Gasteiger partial charge on any atom is 0.133 e. The van der Waals surface area contributed by atoms with E-state index in [9.17, 15) is 0 Å². The van der Waals surface area contributed by atoms with Crippen molar-refractivity contribution in [1.29, 1.82) is 0 Å². The zero-order valence-electron chi connectivity index (χ0n) is 12.1. The van der Waals surface area contributed by atoms with Gasteiger partial charge in [-0.25, -0.2) is 0 Å². The SMILES string of the molecule is COc1ccc(CNC2CCN(C3CC3)CC2)cc1Br. The van der Waals surface area contributed by atoms with Gasteiger partial charge in [-0.15, -0.1) is 0 Å². The van der Waals surface area contributed by atoms with Crippen LogP contribution in [0, 0.1) is 0 Å². The van der Waals surface area contributed by atoms with Crippen LogP contribution in [-0.2, 0) is 6.54 Å². The highest BCUT2D eigenvalue weighted by atomic mass is 79.9. The van der Waals surface area contributed by atoms with Crippen molar-refractivity contribution in [3.8, 4) is 5.75 Å². The van der Waals surface area contributed by atoms with Crippen LogP contribution in [0.4, 0.5) is 0 Å². The van der Waals surface area contributed by atoms with Crippen molar-refractivity contribution >= 4 is 15.9 Å². The molecule has 0 spiro atoms. The molecule has 1 saturated heterocycles. The average molecular weight is 339 g/mol. The summed E-state index contributed by atoms with van der Waals surface area (Å²) in [5.74, 6) is 0.895. The second-order valence-corrected chi connectivity index (χ2v) is 6.75. The van der Waals surface area contributed by atoms with Crippen molar-refractivity contribution in [2.24, 2.45) is 0 Å². The van der Waals surface area contributed by atoms with Crippen LogP contribution in [0.5, 0.6) is 5.75 Å². The summed E-state index contributed by atoms with van der Waals surface area (Å²) in [5, 5.41) is 3.69. The summed E-state index contributed by atoms with van der Waals surface area (Å²) >= 11 is 3.54. The van der Waals surface area contributed by atoms with E-state index in [4.69, 9.17) is 4.74 Å². The molecule has 1 heterocycles. The van der Waals surface area contributed by atoms with Gasteiger partial charge in [0.2, 0.25) is 0 Å². The molecule has 0 aromatic heterocycles. The lowest BCUT2D eigenvalue weighted by atomic mass is 10.0. The fourth-order valence-electron chi connectivity index (χ4n) is 2.99. The van der Waals surface area contributed by atoms with E-state index in [2.05, 4.69) is 38.3 Å². The molecular weight excluding hydrogens is 316 g/mol. The minimum absolute atomic E-state index is 0.672. The number of hydrogen-bond donors (Lipinski definition) is 1. The maximum absolute atomic E-state index is 5.26. The molecule has 0 atom stereocenters. The Bertz CT molecular complexity index is 454. The zero-order valence-corrected chi connectivity index (χ0v) is 13.7. The Kier molecular flexibility index (Phi) is 4.64. The summed E-state index contributed by atoms with van der Waals surface area (Å²) in [6.07, 6.45) is 5.43. The molecule has 1 aliphatic heterocycles. The minimum Gasteiger partial charge on any atom is -0.496 e. The van der Waals surface area contributed by atoms with Crippen molar-refractivity contribution in [2.45, 2.75) is 44.3 Å². The number of ether oxygens (including phenoxy) is 1. The summed E-state index contributed by atoms with van der Waals surface area (Å²) in [4.78, 5) is 2.67. The summed E-state index contributed by atoms with van der Waals surface area (Å²) in [6.45, 7) is 3.49. The van der Waals surface area contributed by atoms with Gasteiger partial charge in [0.05, 0.1) is 11.6 Å². The van der Waals surface area contributed by atoms with Crippen molar-refractivity contribution in [1.82, 2.24) is 10.2 Å². The molecule has 4 heteroatoms. The molecule has 3 nitrogen and oxygen atoms in total. The second kappa shape index (κ2) is 6.46. The molecule has 2 fully saturated rings. The van der Waals surface area contributed by atoms with Crippen molar-refractivity contribution in [3.05, 3.63) is 28.2 Å². The van der Waals surface area contributed by atoms with Gasteiger partial charge in [-0.2, -0.15) is 0 Å². The third-order valence-corrected chi connectivity index (χ3v) is 5.02. The van der Waals surface area contributed by atoms with Crippen LogP contribution in [0.3, 0.4) is 0 Å². The number of likely N-dealkylation sites (tertiary alicyclic amines) is 1. The lowest BCUT2D eigenvalue weighted by molar-refractivity contribution is 0.189. The van der Waals surface area contributed by atoms with E-state index in [1.54, 1.807) is 7.11 Å². The highest BCUT2D eigenvalue weighted by molar-refractivity contribution is 9.10. The van der Waals surface area contributed by atoms with Crippen LogP contribution in [0.15, 0.2) is 22.7 Å². The Balaban J connectivity index is 1.46. The number of benzene rings is 1. The van der Waals surface area contributed by atoms with Gasteiger partial charge in [0, 0.05) is 18.6 Å². The average Bonchev–Trinajstić information content (AvgIpc) is 3.30. The van der Waals surface area contributed by atoms with Crippen LogP contribution in [0.2, 0.25) is 0 Å². The summed E-state index contributed by atoms with van der Waals surface area (Å²) < 4.78 is 6.29. The Hall–Kier alpha value is -0.580. The summed E-state index contributed by atoms with van der Waals surface area (Å²) in [5.41, 5.74) is 1.31. The number of methoxy groups -OCH3 is 1. The lowest BCUT2D eigenvalue weighted by Crippen LogP contribution is -2.43. The fourth-order valence-corrected chi connectivity index (χ4v) is 3.58. The molecule has 0 radical (unpaired) electrons. The Morgan fingerprint density at radius 1 is 1.25 bits per heavy atom. The Morgan fingerprint density at radius 3 is 2.60 bits per heavy atom. The molecule has 1 aliphatic carbocycles. The molecule has 20 heavy (non-hydrogen) atoms. The Morgan fingerprint density at radius 2 is 2.00 bits per heavy atom. The van der Waals surface area contributed by atoms with Crippen LogP contribution in [-0.4, -0.2) is 37.2 Å². The molecule has 110 valence electrons. The Labute approximate surface area is 129 Å². The molecule has 1 N–H and O–H groups in total. The first-order valence-electron chi connectivity index (χ1n) is 7.56. The smallest absolute Gasteiger partial charge is 0.133 e.